The molecule has 138 valence electrons. The Morgan fingerprint density at radius 1 is 1.12 bits per heavy atom. The number of rotatable bonds is 7. The lowest BCUT2D eigenvalue weighted by molar-refractivity contribution is -0.132. The molecule has 0 unspecified atom stereocenters. The number of nitrogens with one attached hydrogen (secondary N) is 1. The van der Waals surface area contributed by atoms with Crippen molar-refractivity contribution in [2.75, 3.05) is 13.1 Å². The molecule has 1 aromatic carbocycles. The molecule has 2 amide bonds. The molecular weight excluding hydrogens is 312 g/mol. The Hall–Kier alpha value is -1.84. The van der Waals surface area contributed by atoms with E-state index in [1.807, 2.05) is 4.90 Å². The average molecular weight is 344 g/mol. The van der Waals surface area contributed by atoms with E-state index in [1.54, 1.807) is 0 Å². The van der Waals surface area contributed by atoms with Crippen LogP contribution in [0.15, 0.2) is 24.3 Å². The number of benzene rings is 1. The molecule has 1 aliphatic rings. The monoisotopic (exact) mass is 344 g/mol. The number of nitrogens with zero attached hydrogens (tertiary/aromatic N) is 1. The summed E-state index contributed by atoms with van der Waals surface area (Å²) in [4.78, 5) is 26.5. The third-order valence-corrected chi connectivity index (χ3v) is 5.30. The standard InChI is InChI=1S/C21H32N2O2/c1-4-18(5-2)21(25)22-19-12-14-23(15-13-19)20(24)11-10-17-8-6-16(3)7-9-17/h6-9,18-19H,4-5,10-15H2,1-3H3,(H,22,25). The number of aryl methyl sites for hydroxylation is 2. The molecule has 0 saturated carbocycles. The van der Waals surface area contributed by atoms with Crippen LogP contribution in [-0.2, 0) is 16.0 Å². The minimum absolute atomic E-state index is 0.120. The number of carbonyl (C=O) groups excluding carboxylic acids is 2. The van der Waals surface area contributed by atoms with Gasteiger partial charge >= 0.3 is 0 Å². The smallest absolute Gasteiger partial charge is 0.223 e. The molecule has 25 heavy (non-hydrogen) atoms. The van der Waals surface area contributed by atoms with Gasteiger partial charge in [-0.2, -0.15) is 0 Å². The largest absolute Gasteiger partial charge is 0.353 e. The molecule has 4 heteroatoms. The molecule has 2 rings (SSSR count). The first kappa shape index (κ1) is 19.5. The Labute approximate surface area is 152 Å². The fraction of sp³-hybridized carbons (Fsp3) is 0.619. The zero-order valence-corrected chi connectivity index (χ0v) is 15.9. The highest BCUT2D eigenvalue weighted by molar-refractivity contribution is 5.79. The van der Waals surface area contributed by atoms with E-state index in [4.69, 9.17) is 0 Å². The average Bonchev–Trinajstić information content (AvgIpc) is 2.62. The van der Waals surface area contributed by atoms with Gasteiger partial charge in [-0.15, -0.1) is 0 Å². The van der Waals surface area contributed by atoms with Crippen LogP contribution in [0.1, 0.15) is 57.1 Å². The molecule has 0 aromatic heterocycles. The van der Waals surface area contributed by atoms with E-state index in [0.717, 1.165) is 45.2 Å². The van der Waals surface area contributed by atoms with E-state index < -0.39 is 0 Å². The molecule has 1 aliphatic heterocycles. The summed E-state index contributed by atoms with van der Waals surface area (Å²) in [7, 11) is 0. The van der Waals surface area contributed by atoms with Crippen LogP contribution in [0.2, 0.25) is 0 Å². The maximum absolute atomic E-state index is 12.4. The van der Waals surface area contributed by atoms with Crippen LogP contribution in [0.4, 0.5) is 0 Å². The summed E-state index contributed by atoms with van der Waals surface area (Å²) in [5.74, 6) is 0.522. The van der Waals surface area contributed by atoms with Gasteiger partial charge in [-0.1, -0.05) is 43.7 Å². The van der Waals surface area contributed by atoms with Crippen LogP contribution in [0.25, 0.3) is 0 Å². The molecule has 0 aliphatic carbocycles. The van der Waals surface area contributed by atoms with Gasteiger partial charge in [0.05, 0.1) is 0 Å². The fourth-order valence-electron chi connectivity index (χ4n) is 3.42. The quantitative estimate of drug-likeness (QED) is 0.823. The first-order valence-corrected chi connectivity index (χ1v) is 9.67. The van der Waals surface area contributed by atoms with Crippen LogP contribution < -0.4 is 5.32 Å². The number of carbonyl (C=O) groups is 2. The second-order valence-corrected chi connectivity index (χ2v) is 7.16. The third-order valence-electron chi connectivity index (χ3n) is 5.30. The first-order chi connectivity index (χ1) is 12.0. The van der Waals surface area contributed by atoms with Crippen LogP contribution in [0.3, 0.4) is 0 Å². The number of hydrogen-bond donors (Lipinski definition) is 1. The van der Waals surface area contributed by atoms with Crippen LogP contribution in [0.5, 0.6) is 0 Å². The highest BCUT2D eigenvalue weighted by Gasteiger charge is 2.25. The molecule has 1 aromatic rings. The first-order valence-electron chi connectivity index (χ1n) is 9.67. The molecule has 0 spiro atoms. The zero-order chi connectivity index (χ0) is 18.2. The molecule has 1 fully saturated rings. The highest BCUT2D eigenvalue weighted by atomic mass is 16.2. The van der Waals surface area contributed by atoms with E-state index in [0.29, 0.717) is 6.42 Å². The number of hydrogen-bond acceptors (Lipinski definition) is 2. The molecular formula is C21H32N2O2. The maximum Gasteiger partial charge on any atom is 0.223 e. The van der Waals surface area contributed by atoms with Crippen molar-refractivity contribution in [1.82, 2.24) is 10.2 Å². The number of piperidine rings is 1. The van der Waals surface area contributed by atoms with Gasteiger partial charge in [0, 0.05) is 31.5 Å². The van der Waals surface area contributed by atoms with E-state index in [2.05, 4.69) is 50.4 Å². The van der Waals surface area contributed by atoms with Crippen molar-refractivity contribution in [2.24, 2.45) is 5.92 Å². The predicted molar refractivity (Wildman–Crippen MR) is 101 cm³/mol. The van der Waals surface area contributed by atoms with Crippen LogP contribution >= 0.6 is 0 Å². The summed E-state index contributed by atoms with van der Waals surface area (Å²) in [5, 5.41) is 3.17. The third kappa shape index (κ3) is 5.87. The SMILES string of the molecule is CCC(CC)C(=O)NC1CCN(C(=O)CCc2ccc(C)cc2)CC1. The lowest BCUT2D eigenvalue weighted by atomic mass is 9.99. The normalized spacial score (nSPS) is 15.4. The Bertz CT molecular complexity index is 556. The minimum Gasteiger partial charge on any atom is -0.353 e. The summed E-state index contributed by atoms with van der Waals surface area (Å²) in [6, 6.07) is 8.60. The van der Waals surface area contributed by atoms with Gasteiger partial charge in [0.1, 0.15) is 0 Å². The van der Waals surface area contributed by atoms with Crippen molar-refractivity contribution in [2.45, 2.75) is 65.3 Å². The van der Waals surface area contributed by atoms with Crippen molar-refractivity contribution < 1.29 is 9.59 Å². The van der Waals surface area contributed by atoms with Crippen molar-refractivity contribution in [3.05, 3.63) is 35.4 Å². The molecule has 0 radical (unpaired) electrons. The summed E-state index contributed by atoms with van der Waals surface area (Å²) in [6.45, 7) is 7.69. The molecule has 1 heterocycles. The van der Waals surface area contributed by atoms with E-state index in [-0.39, 0.29) is 23.8 Å². The van der Waals surface area contributed by atoms with Crippen molar-refractivity contribution in [3.8, 4) is 0 Å². The molecule has 0 atom stereocenters. The molecule has 0 bridgehead atoms. The second-order valence-electron chi connectivity index (χ2n) is 7.16. The number of likely N-dealkylation sites (tertiary alicyclic amines) is 1. The summed E-state index contributed by atoms with van der Waals surface area (Å²) < 4.78 is 0. The zero-order valence-electron chi connectivity index (χ0n) is 15.9. The molecule has 4 nitrogen and oxygen atoms in total. The Morgan fingerprint density at radius 3 is 2.28 bits per heavy atom. The fourth-order valence-corrected chi connectivity index (χ4v) is 3.42. The maximum atomic E-state index is 12.4. The van der Waals surface area contributed by atoms with Crippen molar-refractivity contribution in [1.29, 1.82) is 0 Å². The van der Waals surface area contributed by atoms with Gasteiger partial charge in [0.15, 0.2) is 0 Å². The van der Waals surface area contributed by atoms with E-state index >= 15 is 0 Å². The van der Waals surface area contributed by atoms with Gasteiger partial charge in [-0.3, -0.25) is 9.59 Å². The predicted octanol–water partition coefficient (Wildman–Crippen LogP) is 3.47. The van der Waals surface area contributed by atoms with Gasteiger partial charge in [0.25, 0.3) is 0 Å². The molecule has 1 saturated heterocycles. The Kier molecular flexibility index (Phi) is 7.48. The van der Waals surface area contributed by atoms with Gasteiger partial charge in [0.2, 0.25) is 11.8 Å². The van der Waals surface area contributed by atoms with Gasteiger partial charge in [-0.25, -0.2) is 0 Å². The molecule has 1 N–H and O–H groups in total. The summed E-state index contributed by atoms with van der Waals surface area (Å²) >= 11 is 0. The lowest BCUT2D eigenvalue weighted by Gasteiger charge is -2.33. The summed E-state index contributed by atoms with van der Waals surface area (Å²) in [6.07, 6.45) is 4.86. The lowest BCUT2D eigenvalue weighted by Crippen LogP contribution is -2.47. The van der Waals surface area contributed by atoms with Crippen LogP contribution in [0, 0.1) is 12.8 Å². The van der Waals surface area contributed by atoms with Gasteiger partial charge < -0.3 is 10.2 Å². The Balaban J connectivity index is 1.72. The minimum atomic E-state index is 0.120. The van der Waals surface area contributed by atoms with E-state index in [1.165, 1.54) is 11.1 Å². The van der Waals surface area contributed by atoms with E-state index in [9.17, 15) is 9.59 Å². The van der Waals surface area contributed by atoms with Crippen molar-refractivity contribution >= 4 is 11.8 Å². The second kappa shape index (κ2) is 9.59. The highest BCUT2D eigenvalue weighted by Crippen LogP contribution is 2.15. The van der Waals surface area contributed by atoms with Gasteiger partial charge in [-0.05, 0) is 44.6 Å². The van der Waals surface area contributed by atoms with Crippen molar-refractivity contribution in [3.63, 3.8) is 0 Å². The number of amides is 2. The van der Waals surface area contributed by atoms with Crippen LogP contribution in [-0.4, -0.2) is 35.8 Å². The Morgan fingerprint density at radius 2 is 1.72 bits per heavy atom. The summed E-state index contributed by atoms with van der Waals surface area (Å²) in [5.41, 5.74) is 2.46. The topological polar surface area (TPSA) is 49.4 Å².